The molecule has 0 radical (unpaired) electrons. The molecule has 0 bridgehead atoms. The zero-order valence-electron chi connectivity index (χ0n) is 13.8. The quantitative estimate of drug-likeness (QED) is 0.791. The first kappa shape index (κ1) is 15.4. The topological polar surface area (TPSA) is 69.2 Å². The van der Waals surface area contributed by atoms with E-state index in [-0.39, 0.29) is 6.10 Å². The van der Waals surface area contributed by atoms with E-state index in [0.717, 1.165) is 28.6 Å². The maximum absolute atomic E-state index is 5.96. The summed E-state index contributed by atoms with van der Waals surface area (Å²) in [5, 5.41) is 3.32. The number of ether oxygens (including phenoxy) is 2. The summed E-state index contributed by atoms with van der Waals surface area (Å²) in [7, 11) is 0. The van der Waals surface area contributed by atoms with Gasteiger partial charge in [-0.3, -0.25) is 4.98 Å². The highest BCUT2D eigenvalue weighted by molar-refractivity contribution is 5.56. The Hall–Kier alpha value is -3.15. The van der Waals surface area contributed by atoms with E-state index < -0.39 is 0 Å². The number of aromatic nitrogens is 3. The molecule has 1 aliphatic rings. The fourth-order valence-electron chi connectivity index (χ4n) is 2.67. The molecule has 0 saturated heterocycles. The lowest BCUT2D eigenvalue weighted by Gasteiger charge is -2.26. The van der Waals surface area contributed by atoms with E-state index >= 15 is 0 Å². The molecule has 126 valence electrons. The molecule has 3 heterocycles. The van der Waals surface area contributed by atoms with E-state index in [1.165, 1.54) is 0 Å². The van der Waals surface area contributed by atoms with Crippen LogP contribution in [0, 0.1) is 6.92 Å². The number of pyridine rings is 1. The van der Waals surface area contributed by atoms with E-state index in [4.69, 9.17) is 9.47 Å². The van der Waals surface area contributed by atoms with Gasteiger partial charge >= 0.3 is 0 Å². The van der Waals surface area contributed by atoms with Crippen molar-refractivity contribution in [2.45, 2.75) is 13.0 Å². The second kappa shape index (κ2) is 6.76. The van der Waals surface area contributed by atoms with Gasteiger partial charge in [0.2, 0.25) is 0 Å². The monoisotopic (exact) mass is 334 g/mol. The van der Waals surface area contributed by atoms with Gasteiger partial charge in [-0.25, -0.2) is 9.97 Å². The van der Waals surface area contributed by atoms with Gasteiger partial charge in [-0.15, -0.1) is 0 Å². The number of nitrogens with zero attached hydrogens (tertiary/aromatic N) is 3. The molecule has 3 aromatic rings. The summed E-state index contributed by atoms with van der Waals surface area (Å²) in [5.41, 5.74) is 1.78. The molecule has 2 aromatic heterocycles. The molecule has 1 N–H and O–H groups in total. The first-order chi connectivity index (χ1) is 12.3. The maximum Gasteiger partial charge on any atom is 0.163 e. The van der Waals surface area contributed by atoms with Crippen molar-refractivity contribution in [1.29, 1.82) is 0 Å². The molecule has 1 atom stereocenters. The first-order valence-electron chi connectivity index (χ1n) is 8.16. The summed E-state index contributed by atoms with van der Waals surface area (Å²) < 4.78 is 11.7. The van der Waals surface area contributed by atoms with Crippen molar-refractivity contribution >= 4 is 5.82 Å². The molecule has 1 aliphatic heterocycles. The molecule has 0 amide bonds. The van der Waals surface area contributed by atoms with Crippen LogP contribution in [0.4, 0.5) is 5.82 Å². The van der Waals surface area contributed by atoms with Gasteiger partial charge in [-0.05, 0) is 31.2 Å². The Labute approximate surface area is 145 Å². The van der Waals surface area contributed by atoms with Crippen LogP contribution in [0.25, 0.3) is 11.4 Å². The number of rotatable bonds is 4. The lowest BCUT2D eigenvalue weighted by atomic mass is 10.2. The summed E-state index contributed by atoms with van der Waals surface area (Å²) in [5.74, 6) is 2.97. The van der Waals surface area contributed by atoms with E-state index in [9.17, 15) is 0 Å². The van der Waals surface area contributed by atoms with Crippen molar-refractivity contribution in [2.75, 3.05) is 18.5 Å². The van der Waals surface area contributed by atoms with Crippen LogP contribution in [0.5, 0.6) is 11.5 Å². The van der Waals surface area contributed by atoms with Gasteiger partial charge in [-0.2, -0.15) is 0 Å². The minimum atomic E-state index is -0.0768. The van der Waals surface area contributed by atoms with E-state index in [1.54, 1.807) is 12.4 Å². The third-order valence-electron chi connectivity index (χ3n) is 3.85. The highest BCUT2D eigenvalue weighted by atomic mass is 16.6. The van der Waals surface area contributed by atoms with Crippen LogP contribution in [-0.2, 0) is 0 Å². The Kier molecular flexibility index (Phi) is 4.16. The van der Waals surface area contributed by atoms with Crippen molar-refractivity contribution in [3.8, 4) is 22.9 Å². The zero-order valence-corrected chi connectivity index (χ0v) is 13.8. The number of aryl methyl sites for hydroxylation is 1. The fourth-order valence-corrected chi connectivity index (χ4v) is 2.67. The van der Waals surface area contributed by atoms with Crippen molar-refractivity contribution in [3.05, 3.63) is 60.6 Å². The highest BCUT2D eigenvalue weighted by Crippen LogP contribution is 2.30. The number of nitrogens with one attached hydrogen (secondary N) is 1. The van der Waals surface area contributed by atoms with Crippen LogP contribution in [0.15, 0.2) is 54.9 Å². The summed E-state index contributed by atoms with van der Waals surface area (Å²) in [6.45, 7) is 3.05. The van der Waals surface area contributed by atoms with Gasteiger partial charge in [0.05, 0.1) is 6.54 Å². The summed E-state index contributed by atoms with van der Waals surface area (Å²) in [6, 6.07) is 13.4. The average Bonchev–Trinajstić information content (AvgIpc) is 2.66. The molecule has 0 aliphatic carbocycles. The smallest absolute Gasteiger partial charge is 0.163 e. The van der Waals surface area contributed by atoms with Crippen LogP contribution >= 0.6 is 0 Å². The summed E-state index contributed by atoms with van der Waals surface area (Å²) in [6.07, 6.45) is 3.41. The van der Waals surface area contributed by atoms with Crippen molar-refractivity contribution in [1.82, 2.24) is 15.0 Å². The molecule has 0 fully saturated rings. The minimum Gasteiger partial charge on any atom is -0.486 e. The normalized spacial score (nSPS) is 15.6. The van der Waals surface area contributed by atoms with Crippen LogP contribution in [0.3, 0.4) is 0 Å². The van der Waals surface area contributed by atoms with Crippen LogP contribution < -0.4 is 14.8 Å². The molecule has 4 rings (SSSR count). The Balaban J connectivity index is 1.46. The Morgan fingerprint density at radius 3 is 2.84 bits per heavy atom. The summed E-state index contributed by atoms with van der Waals surface area (Å²) >= 11 is 0. The molecule has 0 saturated carbocycles. The van der Waals surface area contributed by atoms with Crippen LogP contribution in [0.2, 0.25) is 0 Å². The lowest BCUT2D eigenvalue weighted by molar-refractivity contribution is 0.0997. The number of para-hydroxylation sites is 2. The van der Waals surface area contributed by atoms with Crippen molar-refractivity contribution in [2.24, 2.45) is 0 Å². The second-order valence-corrected chi connectivity index (χ2v) is 5.84. The highest BCUT2D eigenvalue weighted by Gasteiger charge is 2.20. The lowest BCUT2D eigenvalue weighted by Crippen LogP contribution is -2.35. The third-order valence-corrected chi connectivity index (χ3v) is 3.85. The first-order valence-corrected chi connectivity index (χ1v) is 8.16. The van der Waals surface area contributed by atoms with E-state index in [2.05, 4.69) is 20.3 Å². The summed E-state index contributed by atoms with van der Waals surface area (Å²) in [4.78, 5) is 13.2. The van der Waals surface area contributed by atoms with E-state index in [1.807, 2.05) is 49.4 Å². The minimum absolute atomic E-state index is 0.0768. The van der Waals surface area contributed by atoms with Gasteiger partial charge < -0.3 is 14.8 Å². The number of fused-ring (bicyclic) bond motifs is 1. The SMILES string of the molecule is Cc1cc(NCC2COc3ccccc3O2)nc(-c2cccnc2)n1. The Morgan fingerprint density at radius 2 is 2.00 bits per heavy atom. The number of hydrogen-bond donors (Lipinski definition) is 1. The van der Waals surface area contributed by atoms with Gasteiger partial charge in [0, 0.05) is 29.7 Å². The molecular weight excluding hydrogens is 316 g/mol. The van der Waals surface area contributed by atoms with Crippen LogP contribution in [-0.4, -0.2) is 34.2 Å². The molecule has 1 unspecified atom stereocenters. The van der Waals surface area contributed by atoms with Crippen molar-refractivity contribution < 1.29 is 9.47 Å². The molecule has 0 spiro atoms. The Bertz CT molecular complexity index is 870. The van der Waals surface area contributed by atoms with Gasteiger partial charge in [-0.1, -0.05) is 12.1 Å². The standard InChI is InChI=1S/C19H18N4O2/c1-13-9-18(23-19(22-13)14-5-4-8-20-10-14)21-11-15-12-24-16-6-2-3-7-17(16)25-15/h2-10,15H,11-12H2,1H3,(H,21,22,23). The number of anilines is 1. The zero-order chi connectivity index (χ0) is 17.1. The fraction of sp³-hybridized carbons (Fsp3) is 0.211. The number of hydrogen-bond acceptors (Lipinski definition) is 6. The molecule has 25 heavy (non-hydrogen) atoms. The largest absolute Gasteiger partial charge is 0.486 e. The van der Waals surface area contributed by atoms with Crippen LogP contribution in [0.1, 0.15) is 5.69 Å². The second-order valence-electron chi connectivity index (χ2n) is 5.84. The third kappa shape index (κ3) is 3.52. The van der Waals surface area contributed by atoms with Crippen molar-refractivity contribution in [3.63, 3.8) is 0 Å². The predicted molar refractivity (Wildman–Crippen MR) is 94.8 cm³/mol. The maximum atomic E-state index is 5.96. The number of benzene rings is 1. The molecule has 1 aromatic carbocycles. The molecule has 6 nitrogen and oxygen atoms in total. The average molecular weight is 334 g/mol. The molecule has 6 heteroatoms. The Morgan fingerprint density at radius 1 is 1.12 bits per heavy atom. The van der Waals surface area contributed by atoms with E-state index in [0.29, 0.717) is 19.0 Å². The van der Waals surface area contributed by atoms with Gasteiger partial charge in [0.25, 0.3) is 0 Å². The predicted octanol–water partition coefficient (Wildman–Crippen LogP) is 3.10. The van der Waals surface area contributed by atoms with Gasteiger partial charge in [0.1, 0.15) is 18.5 Å². The van der Waals surface area contributed by atoms with Gasteiger partial charge in [0.15, 0.2) is 17.3 Å². The molecular formula is C19H18N4O2.